The summed E-state index contributed by atoms with van der Waals surface area (Å²) in [6.45, 7) is 6.27. The summed E-state index contributed by atoms with van der Waals surface area (Å²) in [7, 11) is 0. The monoisotopic (exact) mass is 683 g/mol. The van der Waals surface area contributed by atoms with Gasteiger partial charge in [0.15, 0.2) is 23.1 Å². The molecule has 3 aromatic heterocycles. The zero-order valence-electron chi connectivity index (χ0n) is 29.0. The van der Waals surface area contributed by atoms with Crippen LogP contribution in [0, 0.1) is 0 Å². The highest BCUT2D eigenvalue weighted by atomic mass is 16.3. The average Bonchev–Trinajstić information content (AvgIpc) is 3.82. The van der Waals surface area contributed by atoms with Gasteiger partial charge in [0.05, 0.1) is 11.0 Å². The molecule has 0 atom stereocenters. The van der Waals surface area contributed by atoms with Gasteiger partial charge < -0.3 is 8.98 Å². The van der Waals surface area contributed by atoms with Crippen molar-refractivity contribution in [3.05, 3.63) is 182 Å². The van der Waals surface area contributed by atoms with Gasteiger partial charge in [0.1, 0.15) is 5.52 Å². The molecule has 0 aliphatic rings. The average molecular weight is 684 g/mol. The Morgan fingerprint density at radius 2 is 1.17 bits per heavy atom. The van der Waals surface area contributed by atoms with Gasteiger partial charge in [-0.1, -0.05) is 134 Å². The molecule has 6 heteroatoms. The van der Waals surface area contributed by atoms with E-state index in [9.17, 15) is 0 Å². The van der Waals surface area contributed by atoms with Gasteiger partial charge >= 0.3 is 0 Å². The summed E-state index contributed by atoms with van der Waals surface area (Å²) in [5.74, 6) is 2.28. The molecule has 0 aliphatic carbocycles. The Morgan fingerprint density at radius 3 is 1.75 bits per heavy atom. The van der Waals surface area contributed by atoms with Crippen molar-refractivity contribution in [2.45, 2.75) is 6.92 Å². The van der Waals surface area contributed by atoms with Crippen LogP contribution in [-0.4, -0.2) is 24.5 Å². The highest BCUT2D eigenvalue weighted by molar-refractivity contribution is 6.18. The number of nitrogens with zero attached hydrogens (tertiary/aromatic N) is 5. The normalized spacial score (nSPS) is 12.2. The van der Waals surface area contributed by atoms with Crippen molar-refractivity contribution in [3.8, 4) is 45.4 Å². The summed E-state index contributed by atoms with van der Waals surface area (Å²) in [6.07, 6.45) is 5.99. The SMILES string of the molecule is C=C/C(=C\C(=C/C)n1c2ccc(-c3ccccc3)cc2c2ccc3nc(-c4ccccc4)oc3c21)c1nc(-c2ccccc2)nc(-c2ccccc2)n1. The zero-order valence-corrected chi connectivity index (χ0v) is 29.0. The number of allylic oxidation sites excluding steroid dienone is 5. The van der Waals surface area contributed by atoms with Crippen molar-refractivity contribution in [1.82, 2.24) is 24.5 Å². The van der Waals surface area contributed by atoms with Crippen LogP contribution >= 0.6 is 0 Å². The predicted molar refractivity (Wildman–Crippen MR) is 217 cm³/mol. The summed E-state index contributed by atoms with van der Waals surface area (Å²) < 4.78 is 8.91. The molecule has 9 rings (SSSR count). The maximum absolute atomic E-state index is 6.66. The first-order valence-corrected chi connectivity index (χ1v) is 17.5. The van der Waals surface area contributed by atoms with E-state index in [1.807, 2.05) is 110 Å². The third kappa shape index (κ3) is 5.82. The van der Waals surface area contributed by atoms with Gasteiger partial charge in [-0.3, -0.25) is 0 Å². The van der Waals surface area contributed by atoms with Crippen molar-refractivity contribution >= 4 is 44.2 Å². The molecule has 0 spiro atoms. The van der Waals surface area contributed by atoms with Crippen LogP contribution in [0.3, 0.4) is 0 Å². The molecular formula is C47H33N5O. The molecular weight excluding hydrogens is 651 g/mol. The lowest BCUT2D eigenvalue weighted by atomic mass is 10.0. The van der Waals surface area contributed by atoms with Crippen molar-refractivity contribution in [1.29, 1.82) is 0 Å². The van der Waals surface area contributed by atoms with Crippen LogP contribution in [0.2, 0.25) is 0 Å². The topological polar surface area (TPSA) is 69.6 Å². The summed E-state index contributed by atoms with van der Waals surface area (Å²) in [6, 6.07) is 51.3. The molecule has 6 aromatic carbocycles. The quantitative estimate of drug-likeness (QED) is 0.149. The maximum atomic E-state index is 6.66. The molecule has 0 radical (unpaired) electrons. The van der Waals surface area contributed by atoms with E-state index in [2.05, 4.69) is 71.8 Å². The van der Waals surface area contributed by atoms with Crippen LogP contribution in [0.15, 0.2) is 181 Å². The van der Waals surface area contributed by atoms with Crippen molar-refractivity contribution in [2.75, 3.05) is 0 Å². The minimum absolute atomic E-state index is 0.523. The van der Waals surface area contributed by atoms with Gasteiger partial charge in [0, 0.05) is 38.7 Å². The second-order valence-electron chi connectivity index (χ2n) is 12.7. The molecule has 0 aliphatic heterocycles. The van der Waals surface area contributed by atoms with E-state index in [0.29, 0.717) is 28.9 Å². The van der Waals surface area contributed by atoms with E-state index in [1.54, 1.807) is 6.08 Å². The number of oxazole rings is 1. The van der Waals surface area contributed by atoms with E-state index < -0.39 is 0 Å². The fourth-order valence-corrected chi connectivity index (χ4v) is 6.86. The smallest absolute Gasteiger partial charge is 0.227 e. The van der Waals surface area contributed by atoms with Crippen molar-refractivity contribution in [3.63, 3.8) is 0 Å². The van der Waals surface area contributed by atoms with Gasteiger partial charge in [0.2, 0.25) is 5.89 Å². The molecule has 6 nitrogen and oxygen atoms in total. The number of benzene rings is 6. The van der Waals surface area contributed by atoms with Gasteiger partial charge in [-0.2, -0.15) is 0 Å². The summed E-state index contributed by atoms with van der Waals surface area (Å²) in [5, 5.41) is 2.17. The first kappa shape index (κ1) is 31.8. The third-order valence-electron chi connectivity index (χ3n) is 9.45. The van der Waals surface area contributed by atoms with Gasteiger partial charge in [-0.15, -0.1) is 0 Å². The molecule has 0 fully saturated rings. The number of rotatable bonds is 8. The second-order valence-corrected chi connectivity index (χ2v) is 12.7. The van der Waals surface area contributed by atoms with Crippen LogP contribution in [0.25, 0.3) is 89.5 Å². The molecule has 0 unspecified atom stereocenters. The first-order chi connectivity index (χ1) is 26.2. The highest BCUT2D eigenvalue weighted by Crippen LogP contribution is 2.40. The maximum Gasteiger partial charge on any atom is 0.227 e. The van der Waals surface area contributed by atoms with Crippen LogP contribution in [0.4, 0.5) is 0 Å². The molecule has 0 saturated carbocycles. The van der Waals surface area contributed by atoms with Crippen LogP contribution < -0.4 is 0 Å². The van der Waals surface area contributed by atoms with Gasteiger partial charge in [-0.25, -0.2) is 19.9 Å². The molecule has 252 valence electrons. The van der Waals surface area contributed by atoms with Crippen LogP contribution in [0.5, 0.6) is 0 Å². The molecule has 9 aromatic rings. The Balaban J connectivity index is 1.28. The Kier molecular flexibility index (Phi) is 8.10. The van der Waals surface area contributed by atoms with Gasteiger partial charge in [-0.05, 0) is 60.5 Å². The largest absolute Gasteiger partial charge is 0.434 e. The highest BCUT2D eigenvalue weighted by Gasteiger charge is 2.21. The first-order valence-electron chi connectivity index (χ1n) is 17.5. The molecule has 0 saturated heterocycles. The minimum Gasteiger partial charge on any atom is -0.434 e. The van der Waals surface area contributed by atoms with E-state index in [4.69, 9.17) is 24.4 Å². The lowest BCUT2D eigenvalue weighted by Gasteiger charge is -2.12. The number of hydrogen-bond acceptors (Lipinski definition) is 5. The zero-order chi connectivity index (χ0) is 35.7. The molecule has 0 amide bonds. The Bertz CT molecular complexity index is 2740. The van der Waals surface area contributed by atoms with E-state index in [-0.39, 0.29) is 0 Å². The Labute approximate surface area is 306 Å². The summed E-state index contributed by atoms with van der Waals surface area (Å²) in [5.41, 5.74) is 10.1. The minimum atomic E-state index is 0.523. The number of fused-ring (bicyclic) bond motifs is 5. The lowest BCUT2D eigenvalue weighted by Crippen LogP contribution is -2.03. The standard InChI is InChI=1S/C47H33N5O/c1-3-31(44-49-45(33-19-11-6-12-20-33)51-46(50-44)34-21-13-7-14-22-34)29-37(4-2)52-41-28-25-36(32-17-9-5-10-18-32)30-39(41)38-26-27-40-43(42(38)52)53-47(48-40)35-23-15-8-16-24-35/h3-30H,1H2,2H3/b31-29+,37-4+. The number of aromatic nitrogens is 5. The fourth-order valence-electron chi connectivity index (χ4n) is 6.86. The number of hydrogen-bond donors (Lipinski definition) is 0. The fraction of sp³-hybridized carbons (Fsp3) is 0.0213. The van der Waals surface area contributed by atoms with E-state index in [1.165, 1.54) is 0 Å². The summed E-state index contributed by atoms with van der Waals surface area (Å²) >= 11 is 0. The van der Waals surface area contributed by atoms with E-state index >= 15 is 0 Å². The molecule has 3 heterocycles. The van der Waals surface area contributed by atoms with Crippen LogP contribution in [-0.2, 0) is 0 Å². The van der Waals surface area contributed by atoms with Crippen LogP contribution in [0.1, 0.15) is 12.7 Å². The van der Waals surface area contributed by atoms with E-state index in [0.717, 1.165) is 66.4 Å². The molecule has 0 N–H and O–H groups in total. The van der Waals surface area contributed by atoms with Crippen molar-refractivity contribution in [2.24, 2.45) is 0 Å². The Morgan fingerprint density at radius 1 is 0.585 bits per heavy atom. The summed E-state index contributed by atoms with van der Waals surface area (Å²) in [4.78, 5) is 19.8. The van der Waals surface area contributed by atoms with Gasteiger partial charge in [0.25, 0.3) is 0 Å². The molecule has 0 bridgehead atoms. The lowest BCUT2D eigenvalue weighted by molar-refractivity contribution is 0.622. The van der Waals surface area contributed by atoms with Crippen molar-refractivity contribution < 1.29 is 4.42 Å². The predicted octanol–water partition coefficient (Wildman–Crippen LogP) is 11.9. The second kappa shape index (κ2) is 13.5. The third-order valence-corrected chi connectivity index (χ3v) is 9.45. The molecule has 53 heavy (non-hydrogen) atoms. The Hall–Kier alpha value is -7.18.